The number of rotatable bonds is 12. The summed E-state index contributed by atoms with van der Waals surface area (Å²) in [6, 6.07) is 6.11. The van der Waals surface area contributed by atoms with Crippen molar-refractivity contribution in [2.45, 2.75) is 44.6 Å². The van der Waals surface area contributed by atoms with Crippen LogP contribution >= 0.6 is 0 Å². The number of benzene rings is 1. The fourth-order valence-corrected chi connectivity index (χ4v) is 3.22. The molecule has 1 atom stereocenters. The number of hydrogen-bond donors (Lipinski definition) is 2. The van der Waals surface area contributed by atoms with Crippen molar-refractivity contribution in [3.05, 3.63) is 64.9 Å². The smallest absolute Gasteiger partial charge is 0.270 e. The highest BCUT2D eigenvalue weighted by molar-refractivity contribution is 5.81. The Hall–Kier alpha value is -2.60. The van der Waals surface area contributed by atoms with Crippen LogP contribution in [0.2, 0.25) is 0 Å². The zero-order valence-corrected chi connectivity index (χ0v) is 17.8. The molecule has 0 amide bonds. The molecular weight excluding hydrogens is 386 g/mol. The molecule has 1 aromatic rings. The second kappa shape index (κ2) is 11.0. The standard InChI is InChI=1S/C24H30F2N2O2/c1-24(25,26)20-11-8-18(9-12-20)22(15-21(27-2)5-4-14-29)23(28-3)13-10-19(16-30)17-6-7-17/h8-17,21,27-28H,4-7H2,1-3H3/b19-10+,22-15-,23-13-. The Balaban J connectivity index is 2.48. The number of hydrogen-bond acceptors (Lipinski definition) is 4. The van der Waals surface area contributed by atoms with Crippen LogP contribution in [-0.2, 0) is 15.5 Å². The summed E-state index contributed by atoms with van der Waals surface area (Å²) in [5.41, 5.74) is 3.04. The van der Waals surface area contributed by atoms with Crippen LogP contribution in [-0.4, -0.2) is 32.7 Å². The summed E-state index contributed by atoms with van der Waals surface area (Å²) in [4.78, 5) is 22.2. The van der Waals surface area contributed by atoms with E-state index in [1.54, 1.807) is 19.2 Å². The average molecular weight is 417 g/mol. The lowest BCUT2D eigenvalue weighted by Crippen LogP contribution is -2.24. The maximum atomic E-state index is 13.6. The Morgan fingerprint density at radius 3 is 2.30 bits per heavy atom. The maximum absolute atomic E-state index is 13.6. The Labute approximate surface area is 177 Å². The van der Waals surface area contributed by atoms with Crippen molar-refractivity contribution in [1.82, 2.24) is 10.6 Å². The van der Waals surface area contributed by atoms with E-state index < -0.39 is 5.92 Å². The molecule has 0 saturated heterocycles. The van der Waals surface area contributed by atoms with E-state index in [1.807, 2.05) is 25.3 Å². The van der Waals surface area contributed by atoms with Gasteiger partial charge >= 0.3 is 0 Å². The van der Waals surface area contributed by atoms with Crippen LogP contribution in [0.25, 0.3) is 5.57 Å². The first kappa shape index (κ1) is 23.7. The number of allylic oxidation sites excluding steroid dienone is 4. The van der Waals surface area contributed by atoms with E-state index in [2.05, 4.69) is 10.6 Å². The molecule has 4 nitrogen and oxygen atoms in total. The molecule has 0 aromatic heterocycles. The highest BCUT2D eigenvalue weighted by atomic mass is 19.3. The minimum atomic E-state index is -2.91. The molecule has 0 spiro atoms. The van der Waals surface area contributed by atoms with Crippen LogP contribution < -0.4 is 10.6 Å². The van der Waals surface area contributed by atoms with Gasteiger partial charge in [-0.3, -0.25) is 4.79 Å². The quantitative estimate of drug-likeness (QED) is 0.301. The summed E-state index contributed by atoms with van der Waals surface area (Å²) >= 11 is 0. The number of aldehydes is 2. The minimum Gasteiger partial charge on any atom is -0.388 e. The van der Waals surface area contributed by atoms with Crippen molar-refractivity contribution in [2.24, 2.45) is 5.92 Å². The molecule has 2 rings (SSSR count). The van der Waals surface area contributed by atoms with Crippen molar-refractivity contribution in [3.63, 3.8) is 0 Å². The summed E-state index contributed by atoms with van der Waals surface area (Å²) in [7, 11) is 3.59. The number of carbonyl (C=O) groups excluding carboxylic acids is 2. The van der Waals surface area contributed by atoms with E-state index in [0.717, 1.165) is 54.7 Å². The van der Waals surface area contributed by atoms with Crippen LogP contribution in [0.5, 0.6) is 0 Å². The molecule has 1 aromatic carbocycles. The van der Waals surface area contributed by atoms with Gasteiger partial charge in [-0.25, -0.2) is 8.78 Å². The zero-order valence-electron chi connectivity index (χ0n) is 17.8. The highest BCUT2D eigenvalue weighted by Crippen LogP contribution is 2.35. The second-order valence-electron chi connectivity index (χ2n) is 7.57. The summed E-state index contributed by atoms with van der Waals surface area (Å²) in [5, 5.41) is 6.33. The fraction of sp³-hybridized carbons (Fsp3) is 0.417. The Bertz CT molecular complexity index is 817. The van der Waals surface area contributed by atoms with Gasteiger partial charge in [0.05, 0.1) is 0 Å². The lowest BCUT2D eigenvalue weighted by molar-refractivity contribution is -0.108. The van der Waals surface area contributed by atoms with Crippen molar-refractivity contribution < 1.29 is 18.4 Å². The van der Waals surface area contributed by atoms with Gasteiger partial charge in [0.1, 0.15) is 12.6 Å². The molecule has 30 heavy (non-hydrogen) atoms. The average Bonchev–Trinajstić information content (AvgIpc) is 3.57. The van der Waals surface area contributed by atoms with Gasteiger partial charge in [0.15, 0.2) is 0 Å². The molecule has 2 N–H and O–H groups in total. The molecule has 1 unspecified atom stereocenters. The molecular formula is C24H30F2N2O2. The van der Waals surface area contributed by atoms with Gasteiger partial charge in [-0.2, -0.15) is 0 Å². The van der Waals surface area contributed by atoms with Gasteiger partial charge < -0.3 is 15.4 Å². The second-order valence-corrected chi connectivity index (χ2v) is 7.57. The number of carbonyl (C=O) groups is 2. The molecule has 1 aliphatic carbocycles. The summed E-state index contributed by atoms with van der Waals surface area (Å²) in [6.45, 7) is 0.873. The van der Waals surface area contributed by atoms with E-state index >= 15 is 0 Å². The normalized spacial score (nSPS) is 16.9. The SMILES string of the molecule is CNC(=C\C=C(/C=O)C1CC1)/C(=C\C(CCC=O)NC)c1ccc(C(C)(F)F)cc1. The van der Waals surface area contributed by atoms with E-state index in [4.69, 9.17) is 0 Å². The molecule has 6 heteroatoms. The van der Waals surface area contributed by atoms with E-state index in [9.17, 15) is 18.4 Å². The maximum Gasteiger partial charge on any atom is 0.270 e. The third-order valence-corrected chi connectivity index (χ3v) is 5.22. The van der Waals surface area contributed by atoms with Gasteiger partial charge in [-0.15, -0.1) is 0 Å². The first-order valence-corrected chi connectivity index (χ1v) is 10.2. The summed E-state index contributed by atoms with van der Waals surface area (Å²) < 4.78 is 27.2. The van der Waals surface area contributed by atoms with E-state index in [1.165, 1.54) is 12.1 Å². The van der Waals surface area contributed by atoms with Crippen LogP contribution in [0, 0.1) is 5.92 Å². The van der Waals surface area contributed by atoms with Gasteiger partial charge in [-0.1, -0.05) is 36.4 Å². The van der Waals surface area contributed by atoms with Gasteiger partial charge in [0, 0.05) is 43.3 Å². The highest BCUT2D eigenvalue weighted by Gasteiger charge is 2.25. The minimum absolute atomic E-state index is 0.0522. The van der Waals surface area contributed by atoms with Crippen molar-refractivity contribution in [2.75, 3.05) is 14.1 Å². The Morgan fingerprint density at radius 2 is 1.83 bits per heavy atom. The lowest BCUT2D eigenvalue weighted by atomic mass is 9.96. The molecule has 1 aliphatic rings. The monoisotopic (exact) mass is 416 g/mol. The van der Waals surface area contributed by atoms with Crippen LogP contribution in [0.3, 0.4) is 0 Å². The molecule has 0 radical (unpaired) electrons. The number of alkyl halides is 2. The summed E-state index contributed by atoms with van der Waals surface area (Å²) in [6.07, 6.45) is 10.5. The molecule has 1 saturated carbocycles. The summed E-state index contributed by atoms with van der Waals surface area (Å²) in [5.74, 6) is -2.58. The largest absolute Gasteiger partial charge is 0.388 e. The van der Waals surface area contributed by atoms with Gasteiger partial charge in [0.2, 0.25) is 0 Å². The third-order valence-electron chi connectivity index (χ3n) is 5.22. The van der Waals surface area contributed by atoms with E-state index in [-0.39, 0.29) is 11.6 Å². The number of nitrogens with one attached hydrogen (secondary N) is 2. The van der Waals surface area contributed by atoms with Crippen molar-refractivity contribution >= 4 is 18.1 Å². The lowest BCUT2D eigenvalue weighted by Gasteiger charge is -2.18. The topological polar surface area (TPSA) is 58.2 Å². The molecule has 0 bridgehead atoms. The first-order chi connectivity index (χ1) is 14.3. The zero-order chi connectivity index (χ0) is 22.1. The molecule has 0 aliphatic heterocycles. The van der Waals surface area contributed by atoms with Crippen LogP contribution in [0.15, 0.2) is 53.8 Å². The number of likely N-dealkylation sites (N-methyl/N-ethyl adjacent to an activating group) is 2. The molecule has 0 heterocycles. The van der Waals surface area contributed by atoms with Crippen LogP contribution in [0.4, 0.5) is 8.78 Å². The van der Waals surface area contributed by atoms with Crippen molar-refractivity contribution in [3.8, 4) is 0 Å². The van der Waals surface area contributed by atoms with Gasteiger partial charge in [-0.05, 0) is 49.4 Å². The predicted octanol–water partition coefficient (Wildman–Crippen LogP) is 4.39. The fourth-order valence-electron chi connectivity index (χ4n) is 3.22. The van der Waals surface area contributed by atoms with Crippen molar-refractivity contribution in [1.29, 1.82) is 0 Å². The predicted molar refractivity (Wildman–Crippen MR) is 116 cm³/mol. The Kier molecular flexibility index (Phi) is 8.66. The molecule has 1 fully saturated rings. The first-order valence-electron chi connectivity index (χ1n) is 10.2. The molecule has 162 valence electrons. The van der Waals surface area contributed by atoms with Crippen LogP contribution in [0.1, 0.15) is 43.7 Å². The van der Waals surface area contributed by atoms with Gasteiger partial charge in [0.25, 0.3) is 5.92 Å². The van der Waals surface area contributed by atoms with E-state index in [0.29, 0.717) is 18.8 Å². The third kappa shape index (κ3) is 6.73. The number of halogens is 2. The Morgan fingerprint density at radius 1 is 1.17 bits per heavy atom.